The molecule has 1 amide bonds. The summed E-state index contributed by atoms with van der Waals surface area (Å²) in [5.41, 5.74) is 0.209. The monoisotopic (exact) mass is 422 g/mol. The van der Waals surface area contributed by atoms with Crippen LogP contribution in [0.1, 0.15) is 40.5 Å². The Labute approximate surface area is 168 Å². The number of hydrogen-bond donors (Lipinski definition) is 2. The summed E-state index contributed by atoms with van der Waals surface area (Å²) >= 11 is 1.41. The van der Waals surface area contributed by atoms with Crippen molar-refractivity contribution in [1.82, 2.24) is 10.0 Å². The quantitative estimate of drug-likeness (QED) is 0.605. The Morgan fingerprint density at radius 1 is 1.25 bits per heavy atom. The second kappa shape index (κ2) is 8.85. The second-order valence-corrected chi connectivity index (χ2v) is 9.39. The molecule has 0 bridgehead atoms. The highest BCUT2D eigenvalue weighted by Crippen LogP contribution is 2.28. The van der Waals surface area contributed by atoms with Crippen LogP contribution in [0.4, 0.5) is 0 Å². The molecule has 3 rings (SSSR count). The molecule has 0 unspecified atom stereocenters. The number of esters is 1. The first kappa shape index (κ1) is 20.5. The smallest absolute Gasteiger partial charge is 0.307 e. The summed E-state index contributed by atoms with van der Waals surface area (Å²) in [6.45, 7) is 0.415. The maximum Gasteiger partial charge on any atom is 0.307 e. The van der Waals surface area contributed by atoms with Crippen LogP contribution >= 0.6 is 11.3 Å². The van der Waals surface area contributed by atoms with Gasteiger partial charge in [0.05, 0.1) is 24.5 Å². The van der Waals surface area contributed by atoms with Crippen LogP contribution in [-0.2, 0) is 19.6 Å². The van der Waals surface area contributed by atoms with Crippen LogP contribution in [0.25, 0.3) is 0 Å². The highest BCUT2D eigenvalue weighted by Gasteiger charge is 2.25. The standard InChI is InChI=1S/C19H22N2O5S2/c1-26-18(22)11-16(17-6-3-9-27-17)21-19(23)14-4-2-5-15(10-14)28(24,25)20-12-13-7-8-13/h2-6,9-10,13,16,20H,7-8,11-12H2,1H3,(H,21,23)/t16-/m0/s1. The van der Waals surface area contributed by atoms with Crippen molar-refractivity contribution < 1.29 is 22.7 Å². The summed E-state index contributed by atoms with van der Waals surface area (Å²) < 4.78 is 32.1. The number of carbonyl (C=O) groups excluding carboxylic acids is 2. The summed E-state index contributed by atoms with van der Waals surface area (Å²) in [6, 6.07) is 8.97. The minimum atomic E-state index is -3.67. The molecule has 1 atom stereocenters. The third-order valence-electron chi connectivity index (χ3n) is 4.46. The molecule has 9 heteroatoms. The Morgan fingerprint density at radius 2 is 2.04 bits per heavy atom. The van der Waals surface area contributed by atoms with E-state index in [0.29, 0.717) is 12.5 Å². The number of nitrogens with one attached hydrogen (secondary N) is 2. The van der Waals surface area contributed by atoms with Crippen LogP contribution in [0, 0.1) is 5.92 Å². The van der Waals surface area contributed by atoms with Gasteiger partial charge in [-0.05, 0) is 48.4 Å². The lowest BCUT2D eigenvalue weighted by atomic mass is 10.1. The van der Waals surface area contributed by atoms with Gasteiger partial charge in [0, 0.05) is 17.0 Å². The van der Waals surface area contributed by atoms with E-state index >= 15 is 0 Å². The van der Waals surface area contributed by atoms with E-state index in [-0.39, 0.29) is 16.9 Å². The number of carbonyl (C=O) groups is 2. The molecule has 1 heterocycles. The molecule has 0 spiro atoms. The molecular weight excluding hydrogens is 400 g/mol. The van der Waals surface area contributed by atoms with Gasteiger partial charge in [0.2, 0.25) is 10.0 Å². The summed E-state index contributed by atoms with van der Waals surface area (Å²) in [6.07, 6.45) is 2.06. The van der Waals surface area contributed by atoms with Crippen molar-refractivity contribution in [3.05, 3.63) is 52.2 Å². The van der Waals surface area contributed by atoms with Gasteiger partial charge in [0.1, 0.15) is 0 Å². The lowest BCUT2D eigenvalue weighted by Crippen LogP contribution is -2.30. The predicted octanol–water partition coefficient (Wildman–Crippen LogP) is 2.47. The van der Waals surface area contributed by atoms with E-state index < -0.39 is 27.9 Å². The molecule has 1 aliphatic carbocycles. The molecule has 150 valence electrons. The van der Waals surface area contributed by atoms with Crippen molar-refractivity contribution in [3.8, 4) is 0 Å². The zero-order valence-corrected chi connectivity index (χ0v) is 17.0. The first-order valence-electron chi connectivity index (χ1n) is 8.90. The van der Waals surface area contributed by atoms with Gasteiger partial charge in [-0.15, -0.1) is 11.3 Å². The Balaban J connectivity index is 1.74. The zero-order chi connectivity index (χ0) is 20.1. The fourth-order valence-corrected chi connectivity index (χ4v) is 4.58. The second-order valence-electron chi connectivity index (χ2n) is 6.64. The van der Waals surface area contributed by atoms with Crippen LogP contribution in [-0.4, -0.2) is 33.9 Å². The van der Waals surface area contributed by atoms with Gasteiger partial charge in [-0.25, -0.2) is 13.1 Å². The molecule has 2 N–H and O–H groups in total. The predicted molar refractivity (Wildman–Crippen MR) is 106 cm³/mol. The Morgan fingerprint density at radius 3 is 2.68 bits per heavy atom. The van der Waals surface area contributed by atoms with E-state index in [1.54, 1.807) is 6.07 Å². The van der Waals surface area contributed by atoms with Gasteiger partial charge in [-0.1, -0.05) is 12.1 Å². The summed E-state index contributed by atoms with van der Waals surface area (Å²) in [7, 11) is -2.38. The van der Waals surface area contributed by atoms with E-state index in [4.69, 9.17) is 4.74 Å². The van der Waals surface area contributed by atoms with Crippen LogP contribution in [0.5, 0.6) is 0 Å². The molecule has 1 aromatic heterocycles. The van der Waals surface area contributed by atoms with Crippen LogP contribution < -0.4 is 10.0 Å². The molecule has 0 aliphatic heterocycles. The lowest BCUT2D eigenvalue weighted by molar-refractivity contribution is -0.141. The van der Waals surface area contributed by atoms with Crippen LogP contribution in [0.15, 0.2) is 46.7 Å². The van der Waals surface area contributed by atoms with E-state index in [9.17, 15) is 18.0 Å². The van der Waals surface area contributed by atoms with Gasteiger partial charge in [-0.2, -0.15) is 0 Å². The molecule has 1 aliphatic rings. The minimum absolute atomic E-state index is 0.0102. The Kier molecular flexibility index (Phi) is 6.48. The average Bonchev–Trinajstić information content (AvgIpc) is 3.37. The largest absolute Gasteiger partial charge is 0.469 e. The van der Waals surface area contributed by atoms with Gasteiger partial charge >= 0.3 is 5.97 Å². The third-order valence-corrected chi connectivity index (χ3v) is 6.86. The van der Waals surface area contributed by atoms with Crippen molar-refractivity contribution >= 4 is 33.2 Å². The third kappa shape index (κ3) is 5.40. The van der Waals surface area contributed by atoms with Crippen molar-refractivity contribution in [2.24, 2.45) is 5.92 Å². The number of thiophene rings is 1. The molecule has 28 heavy (non-hydrogen) atoms. The van der Waals surface area contributed by atoms with E-state index in [1.807, 2.05) is 17.5 Å². The lowest BCUT2D eigenvalue weighted by Gasteiger charge is -2.17. The minimum Gasteiger partial charge on any atom is -0.469 e. The average molecular weight is 423 g/mol. The number of amides is 1. The maximum atomic E-state index is 12.7. The van der Waals surface area contributed by atoms with Crippen molar-refractivity contribution in [3.63, 3.8) is 0 Å². The van der Waals surface area contributed by atoms with Crippen molar-refractivity contribution in [2.45, 2.75) is 30.2 Å². The fraction of sp³-hybridized carbons (Fsp3) is 0.368. The highest BCUT2D eigenvalue weighted by atomic mass is 32.2. The summed E-state index contributed by atoms with van der Waals surface area (Å²) in [4.78, 5) is 25.3. The van der Waals surface area contributed by atoms with Gasteiger partial charge in [0.25, 0.3) is 5.91 Å². The molecular formula is C19H22N2O5S2. The molecule has 0 radical (unpaired) electrons. The molecule has 2 aromatic rings. The fourth-order valence-electron chi connectivity index (χ4n) is 2.64. The molecule has 7 nitrogen and oxygen atoms in total. The molecule has 1 fully saturated rings. The van der Waals surface area contributed by atoms with Gasteiger partial charge in [0.15, 0.2) is 0 Å². The number of hydrogen-bond acceptors (Lipinski definition) is 6. The van der Waals surface area contributed by atoms with Gasteiger partial charge < -0.3 is 10.1 Å². The number of sulfonamides is 1. The Hall–Kier alpha value is -2.23. The van der Waals surface area contributed by atoms with E-state index in [2.05, 4.69) is 10.0 Å². The Bertz CT molecular complexity index is 937. The number of rotatable bonds is 9. The van der Waals surface area contributed by atoms with Crippen molar-refractivity contribution in [2.75, 3.05) is 13.7 Å². The number of methoxy groups -OCH3 is 1. The maximum absolute atomic E-state index is 12.7. The van der Waals surface area contributed by atoms with Crippen molar-refractivity contribution in [1.29, 1.82) is 0 Å². The topological polar surface area (TPSA) is 102 Å². The normalized spacial score (nSPS) is 15.0. The zero-order valence-electron chi connectivity index (χ0n) is 15.4. The SMILES string of the molecule is COC(=O)C[C@H](NC(=O)c1cccc(S(=O)(=O)NCC2CC2)c1)c1cccs1. The van der Waals surface area contributed by atoms with E-state index in [1.165, 1.54) is 36.6 Å². The van der Waals surface area contributed by atoms with Crippen LogP contribution in [0.3, 0.4) is 0 Å². The van der Waals surface area contributed by atoms with Gasteiger partial charge in [-0.3, -0.25) is 9.59 Å². The molecule has 1 saturated carbocycles. The summed E-state index contributed by atoms with van der Waals surface area (Å²) in [5, 5.41) is 4.65. The molecule has 0 saturated heterocycles. The number of benzene rings is 1. The highest BCUT2D eigenvalue weighted by molar-refractivity contribution is 7.89. The van der Waals surface area contributed by atoms with E-state index in [0.717, 1.165) is 17.7 Å². The first-order chi connectivity index (χ1) is 13.4. The van der Waals surface area contributed by atoms with Crippen LogP contribution in [0.2, 0.25) is 0 Å². The summed E-state index contributed by atoms with van der Waals surface area (Å²) in [5.74, 6) is -0.494. The molecule has 1 aromatic carbocycles. The number of ether oxygens (including phenoxy) is 1. The first-order valence-corrected chi connectivity index (χ1v) is 11.3.